The second kappa shape index (κ2) is 13.7. The van der Waals surface area contributed by atoms with Gasteiger partial charge in [-0.05, 0) is 37.4 Å². The normalized spacial score (nSPS) is 11.9. The summed E-state index contributed by atoms with van der Waals surface area (Å²) in [7, 11) is 3.89. The fourth-order valence-electron chi connectivity index (χ4n) is 4.50. The SMILES string of the molecule is CN(C)C/C=C/C(=O)Nc1cccc(-c2c(-c3ccccc3)oc3ncnc(N[C@H](CO)c4ccccc4)c23)c1.Cl. The lowest BCUT2D eigenvalue weighted by atomic mass is 9.98. The first-order valence-corrected chi connectivity index (χ1v) is 13.0. The lowest BCUT2D eigenvalue weighted by Gasteiger charge is -2.18. The van der Waals surface area contributed by atoms with Gasteiger partial charge in [-0.3, -0.25) is 4.79 Å². The van der Waals surface area contributed by atoms with Gasteiger partial charge < -0.3 is 25.1 Å². The summed E-state index contributed by atoms with van der Waals surface area (Å²) < 4.78 is 6.34. The van der Waals surface area contributed by atoms with E-state index in [4.69, 9.17) is 4.42 Å². The highest BCUT2D eigenvalue weighted by Crippen LogP contribution is 2.43. The molecule has 0 aliphatic carbocycles. The first-order valence-electron chi connectivity index (χ1n) is 13.0. The van der Waals surface area contributed by atoms with Crippen LogP contribution in [0, 0.1) is 0 Å². The molecule has 2 heterocycles. The summed E-state index contributed by atoms with van der Waals surface area (Å²) in [5.41, 5.74) is 4.48. The number of carbonyl (C=O) groups is 1. The lowest BCUT2D eigenvalue weighted by molar-refractivity contribution is -0.111. The summed E-state index contributed by atoms with van der Waals surface area (Å²) >= 11 is 0. The van der Waals surface area contributed by atoms with Gasteiger partial charge in [0.25, 0.3) is 0 Å². The average Bonchev–Trinajstić information content (AvgIpc) is 3.37. The standard InChI is InChI=1S/C32H31N5O3.ClH/c1-37(2)18-10-17-27(39)35-25-16-9-15-24(19-25)28-29-31(36-26(20-38)22-11-5-3-6-12-22)33-21-34-32(29)40-30(28)23-13-7-4-8-14-23;/h3-17,19,21,26,38H,18,20H2,1-2H3,(H,35,39)(H,33,34,36);1H/b17-10+;/t26-;/m1./s1. The van der Waals surface area contributed by atoms with Crippen LogP contribution in [0.15, 0.2) is 108 Å². The maximum atomic E-state index is 12.5. The topological polar surface area (TPSA) is 104 Å². The number of anilines is 2. The second-order valence-electron chi connectivity index (χ2n) is 9.60. The van der Waals surface area contributed by atoms with Crippen molar-refractivity contribution in [3.63, 3.8) is 0 Å². The molecule has 210 valence electrons. The molecule has 0 spiro atoms. The van der Waals surface area contributed by atoms with Crippen molar-refractivity contribution in [1.82, 2.24) is 14.9 Å². The van der Waals surface area contributed by atoms with Gasteiger partial charge in [-0.15, -0.1) is 12.4 Å². The smallest absolute Gasteiger partial charge is 0.248 e. The molecule has 9 heteroatoms. The summed E-state index contributed by atoms with van der Waals surface area (Å²) in [4.78, 5) is 23.5. The van der Waals surface area contributed by atoms with E-state index in [1.807, 2.05) is 110 Å². The van der Waals surface area contributed by atoms with E-state index in [9.17, 15) is 9.90 Å². The number of aromatic nitrogens is 2. The molecule has 0 unspecified atom stereocenters. The van der Waals surface area contributed by atoms with Crippen molar-refractivity contribution in [2.75, 3.05) is 37.9 Å². The molecular formula is C32H32ClN5O3. The highest BCUT2D eigenvalue weighted by molar-refractivity contribution is 6.07. The van der Waals surface area contributed by atoms with Crippen molar-refractivity contribution in [3.8, 4) is 22.5 Å². The van der Waals surface area contributed by atoms with E-state index in [1.54, 1.807) is 0 Å². The van der Waals surface area contributed by atoms with E-state index in [-0.39, 0.29) is 31.0 Å². The van der Waals surface area contributed by atoms with Crippen molar-refractivity contribution in [2.45, 2.75) is 6.04 Å². The first kappa shape index (κ1) is 29.5. The Balaban J connectivity index is 0.00000387. The molecule has 0 saturated heterocycles. The third-order valence-electron chi connectivity index (χ3n) is 6.38. The molecule has 41 heavy (non-hydrogen) atoms. The number of nitrogens with one attached hydrogen (secondary N) is 2. The first-order chi connectivity index (χ1) is 19.5. The zero-order chi connectivity index (χ0) is 27.9. The number of aliphatic hydroxyl groups excluding tert-OH is 1. The second-order valence-corrected chi connectivity index (χ2v) is 9.60. The molecule has 1 atom stereocenters. The Labute approximate surface area is 245 Å². The Morgan fingerprint density at radius 3 is 2.39 bits per heavy atom. The molecule has 0 aliphatic rings. The fraction of sp³-hybridized carbons (Fsp3) is 0.156. The molecule has 3 aromatic carbocycles. The Morgan fingerprint density at radius 2 is 1.68 bits per heavy atom. The number of likely N-dealkylation sites (N-methyl/N-ethyl adjacent to an activating group) is 1. The Bertz CT molecular complexity index is 1620. The van der Waals surface area contributed by atoms with Gasteiger partial charge in [-0.25, -0.2) is 9.97 Å². The Kier molecular flexibility index (Phi) is 9.86. The van der Waals surface area contributed by atoms with Crippen molar-refractivity contribution < 1.29 is 14.3 Å². The molecule has 8 nitrogen and oxygen atoms in total. The van der Waals surface area contributed by atoms with Crippen LogP contribution in [0.3, 0.4) is 0 Å². The third kappa shape index (κ3) is 6.99. The number of benzene rings is 3. The van der Waals surface area contributed by atoms with Gasteiger partial charge in [-0.2, -0.15) is 0 Å². The van der Waals surface area contributed by atoms with Crippen LogP contribution in [0.2, 0.25) is 0 Å². The Hall–Kier alpha value is -4.50. The number of amides is 1. The maximum Gasteiger partial charge on any atom is 0.248 e. The van der Waals surface area contributed by atoms with Gasteiger partial charge in [-0.1, -0.05) is 78.9 Å². The fourth-order valence-corrected chi connectivity index (χ4v) is 4.50. The molecule has 1 amide bonds. The van der Waals surface area contributed by atoms with Crippen LogP contribution in [0.1, 0.15) is 11.6 Å². The minimum Gasteiger partial charge on any atom is -0.437 e. The summed E-state index contributed by atoms with van der Waals surface area (Å²) in [6.07, 6.45) is 4.79. The van der Waals surface area contributed by atoms with Gasteiger partial charge in [0.15, 0.2) is 0 Å². The summed E-state index contributed by atoms with van der Waals surface area (Å²) in [5.74, 6) is 0.960. The number of aliphatic hydroxyl groups is 1. The summed E-state index contributed by atoms with van der Waals surface area (Å²) in [6, 6.07) is 26.7. The van der Waals surface area contributed by atoms with Crippen LogP contribution in [0.4, 0.5) is 11.5 Å². The van der Waals surface area contributed by atoms with E-state index in [0.717, 1.165) is 22.3 Å². The number of hydrogen-bond donors (Lipinski definition) is 3. The molecule has 0 saturated carbocycles. The quantitative estimate of drug-likeness (QED) is 0.173. The monoisotopic (exact) mass is 569 g/mol. The van der Waals surface area contributed by atoms with Crippen LogP contribution in [-0.4, -0.2) is 53.1 Å². The number of carbonyl (C=O) groups excluding carboxylic acids is 1. The largest absolute Gasteiger partial charge is 0.437 e. The molecule has 0 fully saturated rings. The van der Waals surface area contributed by atoms with Crippen LogP contribution < -0.4 is 10.6 Å². The van der Waals surface area contributed by atoms with Crippen LogP contribution in [0.25, 0.3) is 33.6 Å². The number of rotatable bonds is 10. The number of halogens is 1. The lowest BCUT2D eigenvalue weighted by Crippen LogP contribution is -2.16. The van der Waals surface area contributed by atoms with Gasteiger partial charge >= 0.3 is 0 Å². The van der Waals surface area contributed by atoms with E-state index in [2.05, 4.69) is 20.6 Å². The van der Waals surface area contributed by atoms with Crippen molar-refractivity contribution in [1.29, 1.82) is 0 Å². The number of hydrogen-bond acceptors (Lipinski definition) is 7. The third-order valence-corrected chi connectivity index (χ3v) is 6.38. The van der Waals surface area contributed by atoms with Crippen LogP contribution in [0.5, 0.6) is 0 Å². The van der Waals surface area contributed by atoms with Crippen LogP contribution in [-0.2, 0) is 4.79 Å². The molecule has 0 aliphatic heterocycles. The molecular weight excluding hydrogens is 538 g/mol. The summed E-state index contributed by atoms with van der Waals surface area (Å²) in [5, 5.41) is 17.2. The van der Waals surface area contributed by atoms with Gasteiger partial charge in [0.2, 0.25) is 11.6 Å². The molecule has 5 aromatic rings. The minimum absolute atomic E-state index is 0. The van der Waals surface area contributed by atoms with Crippen molar-refractivity contribution in [2.24, 2.45) is 0 Å². The minimum atomic E-state index is -0.387. The predicted octanol–water partition coefficient (Wildman–Crippen LogP) is 6.18. The van der Waals surface area contributed by atoms with E-state index >= 15 is 0 Å². The van der Waals surface area contributed by atoms with Crippen molar-refractivity contribution >= 4 is 40.9 Å². The molecule has 3 N–H and O–H groups in total. The number of fused-ring (bicyclic) bond motifs is 1. The van der Waals surface area contributed by atoms with Gasteiger partial charge in [0, 0.05) is 29.4 Å². The van der Waals surface area contributed by atoms with Gasteiger partial charge in [0.05, 0.1) is 18.0 Å². The molecule has 0 bridgehead atoms. The van der Waals surface area contributed by atoms with E-state index < -0.39 is 0 Å². The van der Waals surface area contributed by atoms with Crippen molar-refractivity contribution in [3.05, 3.63) is 109 Å². The molecule has 5 rings (SSSR count). The highest BCUT2D eigenvalue weighted by Gasteiger charge is 2.24. The van der Waals surface area contributed by atoms with Gasteiger partial charge in [0.1, 0.15) is 17.9 Å². The zero-order valence-corrected chi connectivity index (χ0v) is 23.6. The average molecular weight is 570 g/mol. The van der Waals surface area contributed by atoms with Crippen LogP contribution >= 0.6 is 12.4 Å². The molecule has 0 radical (unpaired) electrons. The predicted molar refractivity (Wildman–Crippen MR) is 166 cm³/mol. The van der Waals surface area contributed by atoms with E-state index in [1.165, 1.54) is 12.4 Å². The van der Waals surface area contributed by atoms with E-state index in [0.29, 0.717) is 34.9 Å². The highest BCUT2D eigenvalue weighted by atomic mass is 35.5. The maximum absolute atomic E-state index is 12.5. The molecule has 2 aromatic heterocycles. The number of nitrogens with zero attached hydrogens (tertiary/aromatic N) is 3. The zero-order valence-electron chi connectivity index (χ0n) is 22.8. The summed E-state index contributed by atoms with van der Waals surface area (Å²) in [6.45, 7) is 0.541. The Morgan fingerprint density at radius 1 is 0.976 bits per heavy atom. The number of furan rings is 1.